The number of nitro groups is 1. The molecule has 3 rings (SSSR count). The van der Waals surface area contributed by atoms with Crippen LogP contribution in [0.1, 0.15) is 16.1 Å². The molecular formula is C21H21Cl2N3O5. The number of carbonyl (C=O) groups is 1. The van der Waals surface area contributed by atoms with Crippen LogP contribution < -0.4 is 10.6 Å². The number of nitrogens with zero attached hydrogens (tertiary/aromatic N) is 1. The lowest BCUT2D eigenvalue weighted by molar-refractivity contribution is -0.384. The van der Waals surface area contributed by atoms with Gasteiger partial charge >= 0.3 is 5.97 Å². The molecule has 0 aliphatic rings. The van der Waals surface area contributed by atoms with Gasteiger partial charge < -0.3 is 19.8 Å². The Hall–Kier alpha value is -3.07. The Kier molecular flexibility index (Phi) is 8.87. The normalized spacial score (nSPS) is 10.3. The first-order valence-corrected chi connectivity index (χ1v) is 9.51. The maximum Gasteiger partial charge on any atom is 0.337 e. The number of furan rings is 1. The molecule has 0 saturated heterocycles. The minimum atomic E-state index is -0.484. The lowest BCUT2D eigenvalue weighted by atomic mass is 10.1. The number of ether oxygens (including phenoxy) is 1. The molecule has 0 bridgehead atoms. The maximum absolute atomic E-state index is 11.5. The molecular weight excluding hydrogens is 445 g/mol. The van der Waals surface area contributed by atoms with Crippen molar-refractivity contribution in [3.05, 3.63) is 81.1 Å². The molecule has 3 aromatic rings. The van der Waals surface area contributed by atoms with Crippen LogP contribution in [0, 0.1) is 10.1 Å². The number of hydrogen-bond donors (Lipinski definition) is 2. The molecule has 2 aromatic carbocycles. The molecule has 0 atom stereocenters. The van der Waals surface area contributed by atoms with E-state index in [1.54, 1.807) is 30.3 Å². The van der Waals surface area contributed by atoms with Crippen molar-refractivity contribution in [1.82, 2.24) is 5.32 Å². The third kappa shape index (κ3) is 6.45. The average molecular weight is 466 g/mol. The van der Waals surface area contributed by atoms with Crippen molar-refractivity contribution in [2.24, 2.45) is 0 Å². The molecule has 8 nitrogen and oxygen atoms in total. The zero-order valence-corrected chi connectivity index (χ0v) is 18.2. The highest BCUT2D eigenvalue weighted by Gasteiger charge is 2.10. The summed E-state index contributed by atoms with van der Waals surface area (Å²) in [5.74, 6) is 1.10. The van der Waals surface area contributed by atoms with Gasteiger partial charge in [0, 0.05) is 30.8 Å². The summed E-state index contributed by atoms with van der Waals surface area (Å²) in [5.41, 5.74) is 1.94. The Bertz CT molecular complexity index is 1040. The Morgan fingerprint density at radius 1 is 1.13 bits per heavy atom. The predicted molar refractivity (Wildman–Crippen MR) is 121 cm³/mol. The van der Waals surface area contributed by atoms with Crippen LogP contribution in [0.4, 0.5) is 11.4 Å². The van der Waals surface area contributed by atoms with E-state index in [9.17, 15) is 14.9 Å². The van der Waals surface area contributed by atoms with Crippen LogP contribution in [-0.4, -0.2) is 31.1 Å². The van der Waals surface area contributed by atoms with Gasteiger partial charge in [-0.05, 0) is 30.3 Å². The molecule has 0 unspecified atom stereocenters. The molecule has 0 saturated carbocycles. The second kappa shape index (κ2) is 11.4. The number of rotatable bonds is 9. The Morgan fingerprint density at radius 3 is 2.52 bits per heavy atom. The lowest BCUT2D eigenvalue weighted by Crippen LogP contribution is -2.21. The fourth-order valence-electron chi connectivity index (χ4n) is 2.77. The van der Waals surface area contributed by atoms with Gasteiger partial charge in [0.2, 0.25) is 0 Å². The van der Waals surface area contributed by atoms with Crippen molar-refractivity contribution in [2.45, 2.75) is 6.54 Å². The van der Waals surface area contributed by atoms with Gasteiger partial charge in [-0.2, -0.15) is 0 Å². The first kappa shape index (κ1) is 24.2. The first-order valence-electron chi connectivity index (χ1n) is 9.14. The smallest absolute Gasteiger partial charge is 0.337 e. The Labute approximate surface area is 190 Å². The Balaban J connectivity index is 0.00000341. The summed E-state index contributed by atoms with van der Waals surface area (Å²) in [6.45, 7) is 1.76. The van der Waals surface area contributed by atoms with E-state index in [0.29, 0.717) is 41.7 Å². The van der Waals surface area contributed by atoms with Crippen LogP contribution in [0.15, 0.2) is 59.0 Å². The summed E-state index contributed by atoms with van der Waals surface area (Å²) in [6.07, 6.45) is 0. The lowest BCUT2D eigenvalue weighted by Gasteiger charge is -2.08. The monoisotopic (exact) mass is 465 g/mol. The van der Waals surface area contributed by atoms with Crippen molar-refractivity contribution < 1.29 is 18.9 Å². The summed E-state index contributed by atoms with van der Waals surface area (Å²) in [6, 6.07) is 15.1. The van der Waals surface area contributed by atoms with E-state index in [1.807, 2.05) is 12.1 Å². The number of benzene rings is 2. The SMILES string of the molecule is COC(=O)c1ccc(-c2ccc(CNCCNc3ccc([N+](=O)[O-])cc3Cl)o2)cc1.Cl. The molecule has 31 heavy (non-hydrogen) atoms. The number of esters is 1. The van der Waals surface area contributed by atoms with Crippen molar-refractivity contribution >= 4 is 41.4 Å². The van der Waals surface area contributed by atoms with Crippen molar-refractivity contribution in [1.29, 1.82) is 0 Å². The second-order valence-corrected chi connectivity index (χ2v) is 6.77. The molecule has 0 aliphatic heterocycles. The number of non-ortho nitro benzene ring substituents is 1. The van der Waals surface area contributed by atoms with Crippen LogP contribution in [-0.2, 0) is 11.3 Å². The highest BCUT2D eigenvalue weighted by molar-refractivity contribution is 6.33. The molecule has 0 amide bonds. The molecule has 10 heteroatoms. The van der Waals surface area contributed by atoms with E-state index >= 15 is 0 Å². The summed E-state index contributed by atoms with van der Waals surface area (Å²) in [5, 5.41) is 17.4. The van der Waals surface area contributed by atoms with Gasteiger partial charge in [0.15, 0.2) is 0 Å². The summed E-state index contributed by atoms with van der Waals surface area (Å²) < 4.78 is 10.5. The highest BCUT2D eigenvalue weighted by atomic mass is 35.5. The molecule has 0 spiro atoms. The second-order valence-electron chi connectivity index (χ2n) is 6.36. The van der Waals surface area contributed by atoms with Gasteiger partial charge in [-0.3, -0.25) is 10.1 Å². The third-order valence-electron chi connectivity index (χ3n) is 4.33. The molecule has 0 radical (unpaired) electrons. The largest absolute Gasteiger partial charge is 0.465 e. The molecule has 2 N–H and O–H groups in total. The van der Waals surface area contributed by atoms with Gasteiger partial charge in [0.05, 0.1) is 34.9 Å². The fourth-order valence-corrected chi connectivity index (χ4v) is 3.02. The van der Waals surface area contributed by atoms with Crippen LogP contribution in [0.3, 0.4) is 0 Å². The molecule has 0 fully saturated rings. The standard InChI is InChI=1S/C21H20ClN3O5.ClH/c1-29-21(26)15-4-2-14(3-5-15)20-9-7-17(30-20)13-23-10-11-24-19-8-6-16(25(27)28)12-18(19)22;/h2-9,12,23-24H,10-11,13H2,1H3;1H. The molecule has 1 heterocycles. The number of nitro benzene ring substituents is 1. The van der Waals surface area contributed by atoms with E-state index in [2.05, 4.69) is 15.4 Å². The quantitative estimate of drug-likeness (QED) is 0.200. The number of carbonyl (C=O) groups excluding carboxylic acids is 1. The van der Waals surface area contributed by atoms with Crippen LogP contribution in [0.25, 0.3) is 11.3 Å². The predicted octanol–water partition coefficient (Wildman–Crippen LogP) is 4.92. The number of nitrogens with one attached hydrogen (secondary N) is 2. The molecule has 0 aliphatic carbocycles. The third-order valence-corrected chi connectivity index (χ3v) is 4.64. The minimum absolute atomic E-state index is 0. The van der Waals surface area contributed by atoms with Crippen molar-refractivity contribution in [3.63, 3.8) is 0 Å². The van der Waals surface area contributed by atoms with E-state index in [-0.39, 0.29) is 24.1 Å². The number of halogens is 2. The molecule has 164 valence electrons. The van der Waals surface area contributed by atoms with E-state index in [0.717, 1.165) is 11.3 Å². The van der Waals surface area contributed by atoms with Crippen LogP contribution in [0.2, 0.25) is 5.02 Å². The van der Waals surface area contributed by atoms with Crippen molar-refractivity contribution in [3.8, 4) is 11.3 Å². The van der Waals surface area contributed by atoms with Gasteiger partial charge in [-0.1, -0.05) is 23.7 Å². The van der Waals surface area contributed by atoms with E-state index < -0.39 is 4.92 Å². The van der Waals surface area contributed by atoms with Crippen LogP contribution >= 0.6 is 24.0 Å². The zero-order chi connectivity index (χ0) is 21.5. The van der Waals surface area contributed by atoms with Gasteiger partial charge in [-0.25, -0.2) is 4.79 Å². The van der Waals surface area contributed by atoms with Gasteiger partial charge in [0.25, 0.3) is 5.69 Å². The minimum Gasteiger partial charge on any atom is -0.465 e. The number of anilines is 1. The Morgan fingerprint density at radius 2 is 1.87 bits per heavy atom. The van der Waals surface area contributed by atoms with E-state index in [1.165, 1.54) is 19.2 Å². The number of methoxy groups -OCH3 is 1. The molecule has 1 aromatic heterocycles. The average Bonchev–Trinajstić information content (AvgIpc) is 3.22. The number of hydrogen-bond acceptors (Lipinski definition) is 7. The topological polar surface area (TPSA) is 107 Å². The zero-order valence-electron chi connectivity index (χ0n) is 16.6. The summed E-state index contributed by atoms with van der Waals surface area (Å²) in [7, 11) is 1.35. The first-order chi connectivity index (χ1) is 14.5. The maximum atomic E-state index is 11.5. The summed E-state index contributed by atoms with van der Waals surface area (Å²) >= 11 is 6.05. The highest BCUT2D eigenvalue weighted by Crippen LogP contribution is 2.26. The van der Waals surface area contributed by atoms with Crippen molar-refractivity contribution in [2.75, 3.05) is 25.5 Å². The van der Waals surface area contributed by atoms with E-state index in [4.69, 9.17) is 16.0 Å². The van der Waals surface area contributed by atoms with Gasteiger partial charge in [-0.15, -0.1) is 12.4 Å². The summed E-state index contributed by atoms with van der Waals surface area (Å²) in [4.78, 5) is 21.7. The van der Waals surface area contributed by atoms with Gasteiger partial charge in [0.1, 0.15) is 11.5 Å². The van der Waals surface area contributed by atoms with Crippen LogP contribution in [0.5, 0.6) is 0 Å². The fraction of sp³-hybridized carbons (Fsp3) is 0.190.